The molecule has 4 rings (SSSR count). The molecular formula is C21H30N6O. The average Bonchev–Trinajstić information content (AvgIpc) is 3.19. The Bertz CT molecular complexity index is 837. The molecule has 150 valence electrons. The van der Waals surface area contributed by atoms with E-state index in [0.717, 1.165) is 42.9 Å². The minimum atomic E-state index is 0.141. The van der Waals surface area contributed by atoms with Crippen LogP contribution in [0.4, 0.5) is 5.95 Å². The first-order valence-electron chi connectivity index (χ1n) is 10.1. The van der Waals surface area contributed by atoms with Crippen molar-refractivity contribution in [1.29, 1.82) is 0 Å². The average molecular weight is 383 g/mol. The number of rotatable bonds is 6. The molecular weight excluding hydrogens is 352 g/mol. The summed E-state index contributed by atoms with van der Waals surface area (Å²) >= 11 is 0. The number of anilines is 1. The lowest BCUT2D eigenvalue weighted by molar-refractivity contribution is 0.0772. The van der Waals surface area contributed by atoms with Crippen molar-refractivity contribution in [3.8, 4) is 11.1 Å². The Kier molecular flexibility index (Phi) is 5.10. The van der Waals surface area contributed by atoms with Crippen LogP contribution >= 0.6 is 0 Å². The van der Waals surface area contributed by atoms with Gasteiger partial charge in [0.15, 0.2) is 0 Å². The first-order chi connectivity index (χ1) is 13.4. The van der Waals surface area contributed by atoms with Crippen LogP contribution in [-0.4, -0.2) is 77.6 Å². The Labute approximate surface area is 167 Å². The number of hydrogen-bond donors (Lipinski definition) is 0. The van der Waals surface area contributed by atoms with Crippen LogP contribution in [0.2, 0.25) is 0 Å². The van der Waals surface area contributed by atoms with Crippen molar-refractivity contribution in [3.05, 3.63) is 30.4 Å². The summed E-state index contributed by atoms with van der Waals surface area (Å²) in [6.07, 6.45) is 9.33. The predicted molar refractivity (Wildman–Crippen MR) is 111 cm³/mol. The van der Waals surface area contributed by atoms with Crippen LogP contribution in [0.1, 0.15) is 29.8 Å². The van der Waals surface area contributed by atoms with Crippen LogP contribution in [0.25, 0.3) is 11.1 Å². The van der Waals surface area contributed by atoms with E-state index in [2.05, 4.69) is 39.7 Å². The highest BCUT2D eigenvalue weighted by atomic mass is 16.2. The second kappa shape index (κ2) is 7.54. The molecule has 1 saturated heterocycles. The number of aromatic nitrogens is 3. The normalized spacial score (nSPS) is 19.5. The maximum absolute atomic E-state index is 13.3. The molecule has 0 aromatic carbocycles. The molecule has 1 aliphatic carbocycles. The molecule has 1 amide bonds. The highest BCUT2D eigenvalue weighted by Crippen LogP contribution is 2.33. The van der Waals surface area contributed by atoms with E-state index in [9.17, 15) is 4.79 Å². The lowest BCUT2D eigenvalue weighted by atomic mass is 10.2. The van der Waals surface area contributed by atoms with Crippen molar-refractivity contribution in [2.24, 2.45) is 5.92 Å². The summed E-state index contributed by atoms with van der Waals surface area (Å²) in [6.45, 7) is 2.55. The molecule has 7 nitrogen and oxygen atoms in total. The number of amides is 1. The van der Waals surface area contributed by atoms with Crippen molar-refractivity contribution >= 4 is 11.9 Å². The van der Waals surface area contributed by atoms with E-state index in [1.807, 2.05) is 42.4 Å². The SMILES string of the molecule is CN(C)c1ncc(-c2cc(C(=O)N3CC[C@@H](N(C)C)C3)n(CC3CC3)c2)cn1. The topological polar surface area (TPSA) is 57.5 Å². The molecule has 3 heterocycles. The molecule has 0 radical (unpaired) electrons. The van der Waals surface area contributed by atoms with Gasteiger partial charge in [0.05, 0.1) is 0 Å². The molecule has 0 bridgehead atoms. The molecule has 1 aliphatic heterocycles. The monoisotopic (exact) mass is 382 g/mol. The van der Waals surface area contributed by atoms with Gasteiger partial charge in [-0.3, -0.25) is 4.79 Å². The van der Waals surface area contributed by atoms with E-state index >= 15 is 0 Å². The van der Waals surface area contributed by atoms with Gasteiger partial charge in [-0.1, -0.05) is 0 Å². The van der Waals surface area contributed by atoms with Gasteiger partial charge in [0.25, 0.3) is 5.91 Å². The van der Waals surface area contributed by atoms with Gasteiger partial charge in [0.2, 0.25) is 5.95 Å². The van der Waals surface area contributed by atoms with Crippen LogP contribution in [-0.2, 0) is 6.54 Å². The number of nitrogens with zero attached hydrogens (tertiary/aromatic N) is 6. The second-order valence-corrected chi connectivity index (χ2v) is 8.53. The standard InChI is InChI=1S/C21H30N6O/c1-24(2)18-7-8-26(14-18)20(28)19-9-16(13-27(19)12-15-5-6-15)17-10-22-21(23-11-17)25(3)4/h9-11,13,15,18H,5-8,12,14H2,1-4H3/t18-/m1/s1. The predicted octanol–water partition coefficient (Wildman–Crippen LogP) is 2.20. The molecule has 1 saturated carbocycles. The number of carbonyl (C=O) groups excluding carboxylic acids is 1. The van der Waals surface area contributed by atoms with Crippen LogP contribution < -0.4 is 4.90 Å². The largest absolute Gasteiger partial charge is 0.347 e. The Morgan fingerprint density at radius 2 is 1.82 bits per heavy atom. The van der Waals surface area contributed by atoms with Gasteiger partial charge in [-0.05, 0) is 45.3 Å². The number of hydrogen-bond acceptors (Lipinski definition) is 5. The third kappa shape index (κ3) is 3.90. The summed E-state index contributed by atoms with van der Waals surface area (Å²) in [5.74, 6) is 1.53. The van der Waals surface area contributed by atoms with Gasteiger partial charge in [0, 0.05) is 69.5 Å². The lowest BCUT2D eigenvalue weighted by Gasteiger charge is -2.21. The number of likely N-dealkylation sites (N-methyl/N-ethyl adjacent to an activating group) is 1. The fourth-order valence-corrected chi connectivity index (χ4v) is 3.79. The zero-order chi connectivity index (χ0) is 19.8. The van der Waals surface area contributed by atoms with Crippen molar-refractivity contribution in [1.82, 2.24) is 24.3 Å². The molecule has 7 heteroatoms. The van der Waals surface area contributed by atoms with Crippen molar-refractivity contribution in [3.63, 3.8) is 0 Å². The fraction of sp³-hybridized carbons (Fsp3) is 0.571. The zero-order valence-corrected chi connectivity index (χ0v) is 17.3. The molecule has 28 heavy (non-hydrogen) atoms. The lowest BCUT2D eigenvalue weighted by Crippen LogP contribution is -2.35. The first-order valence-corrected chi connectivity index (χ1v) is 10.1. The van der Waals surface area contributed by atoms with E-state index in [4.69, 9.17) is 0 Å². The fourth-order valence-electron chi connectivity index (χ4n) is 3.79. The summed E-state index contributed by atoms with van der Waals surface area (Å²) in [5.41, 5.74) is 2.75. The first kappa shape index (κ1) is 18.9. The smallest absolute Gasteiger partial charge is 0.270 e. The van der Waals surface area contributed by atoms with Gasteiger partial charge in [0.1, 0.15) is 5.69 Å². The molecule has 2 aliphatic rings. The second-order valence-electron chi connectivity index (χ2n) is 8.53. The van der Waals surface area contributed by atoms with E-state index in [-0.39, 0.29) is 5.91 Å². The Hall–Kier alpha value is -2.41. The van der Waals surface area contributed by atoms with E-state index < -0.39 is 0 Å². The van der Waals surface area contributed by atoms with Crippen molar-refractivity contribution < 1.29 is 4.79 Å². The minimum Gasteiger partial charge on any atom is -0.347 e. The highest BCUT2D eigenvalue weighted by Gasteiger charge is 2.31. The van der Waals surface area contributed by atoms with Crippen LogP contribution in [0.5, 0.6) is 0 Å². The number of carbonyl (C=O) groups is 1. The third-order valence-electron chi connectivity index (χ3n) is 5.82. The molecule has 0 spiro atoms. The van der Waals surface area contributed by atoms with Gasteiger partial charge < -0.3 is 19.3 Å². The maximum atomic E-state index is 13.3. The van der Waals surface area contributed by atoms with Gasteiger partial charge in [-0.15, -0.1) is 0 Å². The minimum absolute atomic E-state index is 0.141. The van der Waals surface area contributed by atoms with Crippen molar-refractivity contribution in [2.75, 3.05) is 46.2 Å². The Balaban J connectivity index is 1.60. The van der Waals surface area contributed by atoms with Gasteiger partial charge >= 0.3 is 0 Å². The summed E-state index contributed by atoms with van der Waals surface area (Å²) in [7, 11) is 8.03. The van der Waals surface area contributed by atoms with Crippen LogP contribution in [0.3, 0.4) is 0 Å². The van der Waals surface area contributed by atoms with E-state index in [1.165, 1.54) is 12.8 Å². The molecule has 1 atom stereocenters. The summed E-state index contributed by atoms with van der Waals surface area (Å²) in [6, 6.07) is 2.46. The summed E-state index contributed by atoms with van der Waals surface area (Å²) < 4.78 is 2.15. The molecule has 2 aromatic heterocycles. The summed E-state index contributed by atoms with van der Waals surface area (Å²) in [4.78, 5) is 28.2. The molecule has 2 aromatic rings. The zero-order valence-electron chi connectivity index (χ0n) is 17.3. The van der Waals surface area contributed by atoms with Crippen LogP contribution in [0, 0.1) is 5.92 Å². The van der Waals surface area contributed by atoms with E-state index in [0.29, 0.717) is 17.9 Å². The number of likely N-dealkylation sites (tertiary alicyclic amines) is 1. The third-order valence-corrected chi connectivity index (χ3v) is 5.82. The Morgan fingerprint density at radius 1 is 1.11 bits per heavy atom. The van der Waals surface area contributed by atoms with E-state index in [1.54, 1.807) is 0 Å². The van der Waals surface area contributed by atoms with Crippen molar-refractivity contribution in [2.45, 2.75) is 31.8 Å². The highest BCUT2D eigenvalue weighted by molar-refractivity contribution is 5.94. The molecule has 2 fully saturated rings. The van der Waals surface area contributed by atoms with Crippen LogP contribution in [0.15, 0.2) is 24.7 Å². The molecule has 0 unspecified atom stereocenters. The summed E-state index contributed by atoms with van der Waals surface area (Å²) in [5, 5.41) is 0. The maximum Gasteiger partial charge on any atom is 0.270 e. The van der Waals surface area contributed by atoms with Gasteiger partial charge in [-0.2, -0.15) is 0 Å². The quantitative estimate of drug-likeness (QED) is 0.767. The Morgan fingerprint density at radius 3 is 2.39 bits per heavy atom. The molecule has 0 N–H and O–H groups in total. The van der Waals surface area contributed by atoms with Gasteiger partial charge in [-0.25, -0.2) is 9.97 Å².